The van der Waals surface area contributed by atoms with Gasteiger partial charge in [0.25, 0.3) is 0 Å². The maximum absolute atomic E-state index is 5.64. The van der Waals surface area contributed by atoms with Crippen LogP contribution in [0.3, 0.4) is 0 Å². The van der Waals surface area contributed by atoms with Gasteiger partial charge in [-0.25, -0.2) is 0 Å². The Morgan fingerprint density at radius 3 is 2.75 bits per heavy atom. The van der Waals surface area contributed by atoms with Crippen LogP contribution in [0.4, 0.5) is 0 Å². The molecule has 1 aliphatic carbocycles. The van der Waals surface area contributed by atoms with E-state index in [0.29, 0.717) is 6.04 Å². The summed E-state index contributed by atoms with van der Waals surface area (Å²) < 4.78 is 5.64. The van der Waals surface area contributed by atoms with Crippen molar-refractivity contribution in [2.45, 2.75) is 51.6 Å². The highest BCUT2D eigenvalue weighted by Gasteiger charge is 2.31. The Morgan fingerprint density at radius 1 is 1.20 bits per heavy atom. The van der Waals surface area contributed by atoms with E-state index in [0.717, 1.165) is 18.1 Å². The average Bonchev–Trinajstić information content (AvgIpc) is 2.84. The Bertz CT molecular complexity index is 597. The van der Waals surface area contributed by atoms with Crippen LogP contribution in [0.2, 0.25) is 0 Å². The lowest BCUT2D eigenvalue weighted by Crippen LogP contribution is -2.32. The molecule has 1 N–H and O–H groups in total. The predicted molar refractivity (Wildman–Crippen MR) is 81.7 cm³/mol. The fraction of sp³-hybridized carbons (Fsp3) is 0.444. The minimum absolute atomic E-state index is 0.288. The third kappa shape index (κ3) is 2.53. The Hall–Kier alpha value is -1.54. The summed E-state index contributed by atoms with van der Waals surface area (Å²) >= 11 is 0. The molecule has 0 spiro atoms. The quantitative estimate of drug-likeness (QED) is 0.888. The lowest BCUT2D eigenvalue weighted by Gasteiger charge is -2.37. The molecule has 1 heterocycles. The monoisotopic (exact) mass is 269 g/mol. The minimum Gasteiger partial charge on any atom is -0.465 e. The molecule has 0 saturated heterocycles. The predicted octanol–water partition coefficient (Wildman–Crippen LogP) is 4.49. The van der Waals surface area contributed by atoms with Gasteiger partial charge in [0.15, 0.2) is 0 Å². The van der Waals surface area contributed by atoms with Gasteiger partial charge in [0.1, 0.15) is 11.5 Å². The van der Waals surface area contributed by atoms with Gasteiger partial charge in [-0.05, 0) is 48.4 Å². The number of hydrogen-bond donors (Lipinski definition) is 1. The second-order valence-electron chi connectivity index (χ2n) is 6.46. The summed E-state index contributed by atoms with van der Waals surface area (Å²) in [5, 5.41) is 3.65. The van der Waals surface area contributed by atoms with Gasteiger partial charge >= 0.3 is 0 Å². The van der Waals surface area contributed by atoms with Gasteiger partial charge in [0, 0.05) is 6.04 Å². The smallest absolute Gasteiger partial charge is 0.117 e. The van der Waals surface area contributed by atoms with E-state index in [9.17, 15) is 0 Å². The van der Waals surface area contributed by atoms with Crippen LogP contribution >= 0.6 is 0 Å². The van der Waals surface area contributed by atoms with Gasteiger partial charge in [-0.15, -0.1) is 0 Å². The Morgan fingerprint density at radius 2 is 2.00 bits per heavy atom. The lowest BCUT2D eigenvalue weighted by molar-refractivity contribution is 0.346. The number of benzene rings is 1. The molecule has 1 atom stereocenters. The van der Waals surface area contributed by atoms with E-state index in [1.165, 1.54) is 24.0 Å². The van der Waals surface area contributed by atoms with Crippen molar-refractivity contribution in [2.24, 2.45) is 0 Å². The number of fused-ring (bicyclic) bond motifs is 1. The zero-order chi connectivity index (χ0) is 14.2. The first-order chi connectivity index (χ1) is 9.56. The molecule has 106 valence electrons. The molecule has 2 aromatic rings. The van der Waals surface area contributed by atoms with E-state index >= 15 is 0 Å². The number of nitrogens with one attached hydrogen (secondary N) is 1. The van der Waals surface area contributed by atoms with Crippen molar-refractivity contribution < 1.29 is 4.42 Å². The Balaban J connectivity index is 1.78. The fourth-order valence-corrected chi connectivity index (χ4v) is 3.23. The summed E-state index contributed by atoms with van der Waals surface area (Å²) in [6.07, 6.45) is 2.41. The first kappa shape index (κ1) is 13.4. The molecule has 0 radical (unpaired) electrons. The Labute approximate surface area is 121 Å². The molecule has 0 amide bonds. The highest BCUT2D eigenvalue weighted by atomic mass is 16.3. The summed E-state index contributed by atoms with van der Waals surface area (Å²) in [7, 11) is 0. The van der Waals surface area contributed by atoms with Crippen molar-refractivity contribution >= 4 is 0 Å². The van der Waals surface area contributed by atoms with Crippen LogP contribution in [0.1, 0.15) is 55.4 Å². The molecule has 2 nitrogen and oxygen atoms in total. The molecule has 1 unspecified atom stereocenters. The number of aryl methyl sites for hydroxylation is 1. The van der Waals surface area contributed by atoms with Crippen molar-refractivity contribution in [3.8, 4) is 0 Å². The number of hydrogen-bond acceptors (Lipinski definition) is 2. The summed E-state index contributed by atoms with van der Waals surface area (Å²) in [6, 6.07) is 13.4. The average molecular weight is 269 g/mol. The van der Waals surface area contributed by atoms with Crippen molar-refractivity contribution in [2.75, 3.05) is 0 Å². The van der Waals surface area contributed by atoms with Gasteiger partial charge in [0.2, 0.25) is 0 Å². The summed E-state index contributed by atoms with van der Waals surface area (Å²) in [5.41, 5.74) is 3.22. The zero-order valence-electron chi connectivity index (χ0n) is 12.6. The van der Waals surface area contributed by atoms with E-state index < -0.39 is 0 Å². The van der Waals surface area contributed by atoms with E-state index in [-0.39, 0.29) is 5.41 Å². The molecule has 2 heteroatoms. The van der Waals surface area contributed by atoms with Gasteiger partial charge in [0.05, 0.1) is 6.54 Å². The first-order valence-electron chi connectivity index (χ1n) is 7.44. The largest absolute Gasteiger partial charge is 0.465 e. The van der Waals surface area contributed by atoms with Gasteiger partial charge in [-0.2, -0.15) is 0 Å². The summed E-state index contributed by atoms with van der Waals surface area (Å²) in [4.78, 5) is 0. The van der Waals surface area contributed by atoms with Crippen LogP contribution in [-0.2, 0) is 12.0 Å². The standard InChI is InChI=1S/C18H23NO/c1-13-8-9-14(20-13)12-19-17-10-11-18(2,3)16-7-5-4-6-15(16)17/h4-9,17,19H,10-12H2,1-3H3. The van der Waals surface area contributed by atoms with Crippen molar-refractivity contribution in [1.29, 1.82) is 0 Å². The summed E-state index contributed by atoms with van der Waals surface area (Å²) in [5.74, 6) is 2.00. The maximum Gasteiger partial charge on any atom is 0.117 e. The molecule has 3 rings (SSSR count). The van der Waals surface area contributed by atoms with Crippen LogP contribution in [0.5, 0.6) is 0 Å². The second kappa shape index (κ2) is 5.10. The van der Waals surface area contributed by atoms with E-state index in [1.807, 2.05) is 13.0 Å². The third-order valence-electron chi connectivity index (χ3n) is 4.44. The minimum atomic E-state index is 0.288. The van der Waals surface area contributed by atoms with Gasteiger partial charge < -0.3 is 9.73 Å². The topological polar surface area (TPSA) is 25.2 Å². The highest BCUT2D eigenvalue weighted by molar-refractivity contribution is 5.38. The summed E-state index contributed by atoms with van der Waals surface area (Å²) in [6.45, 7) is 7.48. The van der Waals surface area contributed by atoms with E-state index in [2.05, 4.69) is 49.5 Å². The van der Waals surface area contributed by atoms with Crippen molar-refractivity contribution in [3.63, 3.8) is 0 Å². The van der Waals surface area contributed by atoms with Crippen LogP contribution in [0.15, 0.2) is 40.8 Å². The molecule has 0 saturated carbocycles. The van der Waals surface area contributed by atoms with E-state index in [1.54, 1.807) is 0 Å². The molecule has 0 fully saturated rings. The third-order valence-corrected chi connectivity index (χ3v) is 4.44. The van der Waals surface area contributed by atoms with Crippen LogP contribution in [0.25, 0.3) is 0 Å². The molecule has 0 aliphatic heterocycles. The van der Waals surface area contributed by atoms with E-state index in [4.69, 9.17) is 4.42 Å². The highest BCUT2D eigenvalue weighted by Crippen LogP contribution is 2.41. The van der Waals surface area contributed by atoms with Crippen LogP contribution in [-0.4, -0.2) is 0 Å². The fourth-order valence-electron chi connectivity index (χ4n) is 3.23. The second-order valence-corrected chi connectivity index (χ2v) is 6.46. The molecule has 1 aromatic heterocycles. The van der Waals surface area contributed by atoms with Crippen LogP contribution < -0.4 is 5.32 Å². The molecular weight excluding hydrogens is 246 g/mol. The van der Waals surface area contributed by atoms with Crippen LogP contribution in [0, 0.1) is 6.92 Å². The zero-order valence-corrected chi connectivity index (χ0v) is 12.6. The van der Waals surface area contributed by atoms with Crippen molar-refractivity contribution in [3.05, 3.63) is 59.0 Å². The SMILES string of the molecule is Cc1ccc(CNC2CCC(C)(C)c3ccccc32)o1. The van der Waals surface area contributed by atoms with Gasteiger partial charge in [-0.3, -0.25) is 0 Å². The van der Waals surface area contributed by atoms with Gasteiger partial charge in [-0.1, -0.05) is 38.1 Å². The molecule has 1 aliphatic rings. The molecule has 0 bridgehead atoms. The first-order valence-corrected chi connectivity index (χ1v) is 7.44. The molecule has 1 aromatic carbocycles. The van der Waals surface area contributed by atoms with Crippen molar-refractivity contribution in [1.82, 2.24) is 5.32 Å². The molecule has 20 heavy (non-hydrogen) atoms. The molecular formula is C18H23NO. The lowest BCUT2D eigenvalue weighted by atomic mass is 9.71. The maximum atomic E-state index is 5.64. The number of furan rings is 1. The Kier molecular flexibility index (Phi) is 3.43. The normalized spacial score (nSPS) is 20.6. The number of rotatable bonds is 3.